The van der Waals surface area contributed by atoms with Gasteiger partial charge in [-0.05, 0) is 24.6 Å². The number of rotatable bonds is 4. The van der Waals surface area contributed by atoms with Crippen LogP contribution in [-0.2, 0) is 0 Å². The summed E-state index contributed by atoms with van der Waals surface area (Å²) in [6.45, 7) is 2.04. The van der Waals surface area contributed by atoms with Gasteiger partial charge >= 0.3 is 0 Å². The molecular formula is C14H16N6O. The van der Waals surface area contributed by atoms with Gasteiger partial charge in [-0.3, -0.25) is 5.10 Å². The van der Waals surface area contributed by atoms with Crippen molar-refractivity contribution >= 4 is 22.8 Å². The number of nitrogens with two attached hydrogens (primary N) is 1. The van der Waals surface area contributed by atoms with Gasteiger partial charge in [-0.2, -0.15) is 15.1 Å². The Morgan fingerprint density at radius 1 is 1.33 bits per heavy atom. The summed E-state index contributed by atoms with van der Waals surface area (Å²) in [7, 11) is 1.65. The topological polar surface area (TPSA) is 102 Å². The van der Waals surface area contributed by atoms with E-state index < -0.39 is 0 Å². The van der Waals surface area contributed by atoms with Crippen LogP contribution in [0.2, 0.25) is 0 Å². The molecule has 108 valence electrons. The van der Waals surface area contributed by atoms with E-state index in [4.69, 9.17) is 10.5 Å². The van der Waals surface area contributed by atoms with E-state index >= 15 is 0 Å². The van der Waals surface area contributed by atoms with Crippen LogP contribution in [0.1, 0.15) is 18.5 Å². The van der Waals surface area contributed by atoms with E-state index in [1.54, 1.807) is 13.3 Å². The van der Waals surface area contributed by atoms with Gasteiger partial charge in [0.05, 0.1) is 24.7 Å². The minimum atomic E-state index is 0.0347. The van der Waals surface area contributed by atoms with E-state index in [2.05, 4.69) is 25.5 Å². The number of hydrogen-bond acceptors (Lipinski definition) is 6. The molecule has 0 aliphatic rings. The molecule has 0 saturated heterocycles. The fourth-order valence-electron chi connectivity index (χ4n) is 2.16. The fraction of sp³-hybridized carbons (Fsp3) is 0.214. The third-order valence-electron chi connectivity index (χ3n) is 3.27. The van der Waals surface area contributed by atoms with Crippen LogP contribution >= 0.6 is 0 Å². The average Bonchev–Trinajstić information content (AvgIpc) is 2.95. The average molecular weight is 284 g/mol. The summed E-state index contributed by atoms with van der Waals surface area (Å²) >= 11 is 0. The molecule has 7 heteroatoms. The van der Waals surface area contributed by atoms with Gasteiger partial charge in [-0.25, -0.2) is 0 Å². The SMILES string of the molecule is COc1cccc([C@@H](C)Nc2nc(N)nc3[nH]ncc23)c1. The monoisotopic (exact) mass is 284 g/mol. The van der Waals surface area contributed by atoms with Crippen molar-refractivity contribution in [2.75, 3.05) is 18.2 Å². The Morgan fingerprint density at radius 3 is 3.00 bits per heavy atom. The number of H-pyrrole nitrogens is 1. The maximum absolute atomic E-state index is 5.71. The molecular weight excluding hydrogens is 268 g/mol. The quantitative estimate of drug-likeness (QED) is 0.678. The van der Waals surface area contributed by atoms with Crippen LogP contribution < -0.4 is 15.8 Å². The van der Waals surface area contributed by atoms with Gasteiger partial charge < -0.3 is 15.8 Å². The summed E-state index contributed by atoms with van der Waals surface area (Å²) in [5.41, 5.74) is 7.41. The molecule has 2 heterocycles. The van der Waals surface area contributed by atoms with Crippen LogP contribution in [0.3, 0.4) is 0 Å². The standard InChI is InChI=1S/C14H16N6O/c1-8(9-4-3-5-10(6-9)21-2)17-12-11-7-16-20-13(11)19-14(15)18-12/h3-8H,1-2H3,(H4,15,16,17,18,19,20)/t8-/m1/s1. The molecule has 0 fully saturated rings. The number of fused-ring (bicyclic) bond motifs is 1. The highest BCUT2D eigenvalue weighted by atomic mass is 16.5. The number of aromatic nitrogens is 4. The molecule has 1 aromatic carbocycles. The highest BCUT2D eigenvalue weighted by Crippen LogP contribution is 2.25. The van der Waals surface area contributed by atoms with Crippen LogP contribution in [0.4, 0.5) is 11.8 Å². The first-order chi connectivity index (χ1) is 10.2. The molecule has 3 rings (SSSR count). The Morgan fingerprint density at radius 2 is 2.19 bits per heavy atom. The van der Waals surface area contributed by atoms with Crippen LogP contribution in [0, 0.1) is 0 Å². The van der Waals surface area contributed by atoms with E-state index in [-0.39, 0.29) is 12.0 Å². The van der Waals surface area contributed by atoms with Gasteiger partial charge in [0, 0.05) is 0 Å². The minimum absolute atomic E-state index is 0.0347. The number of nitrogen functional groups attached to an aromatic ring is 1. The molecule has 0 bridgehead atoms. The molecule has 4 N–H and O–H groups in total. The fourth-order valence-corrected chi connectivity index (χ4v) is 2.16. The zero-order valence-corrected chi connectivity index (χ0v) is 11.8. The van der Waals surface area contributed by atoms with E-state index in [0.717, 1.165) is 16.7 Å². The lowest BCUT2D eigenvalue weighted by Gasteiger charge is -2.16. The third-order valence-corrected chi connectivity index (χ3v) is 3.27. The highest BCUT2D eigenvalue weighted by Gasteiger charge is 2.12. The van der Waals surface area contributed by atoms with Gasteiger partial charge in [-0.1, -0.05) is 12.1 Å². The molecule has 0 unspecified atom stereocenters. The van der Waals surface area contributed by atoms with E-state index in [9.17, 15) is 0 Å². The molecule has 0 aliphatic carbocycles. The predicted octanol–water partition coefficient (Wildman–Crippen LogP) is 2.12. The summed E-state index contributed by atoms with van der Waals surface area (Å²) in [5, 5.41) is 10.9. The van der Waals surface area contributed by atoms with Gasteiger partial charge in [0.1, 0.15) is 11.6 Å². The van der Waals surface area contributed by atoms with Gasteiger partial charge in [0.15, 0.2) is 5.65 Å². The van der Waals surface area contributed by atoms with Crippen molar-refractivity contribution in [1.82, 2.24) is 20.2 Å². The minimum Gasteiger partial charge on any atom is -0.497 e. The molecule has 0 spiro atoms. The molecule has 0 amide bonds. The molecule has 0 saturated carbocycles. The lowest BCUT2D eigenvalue weighted by atomic mass is 10.1. The maximum Gasteiger partial charge on any atom is 0.224 e. The predicted molar refractivity (Wildman–Crippen MR) is 81.1 cm³/mol. The van der Waals surface area contributed by atoms with Gasteiger partial charge in [0.2, 0.25) is 5.95 Å². The van der Waals surface area contributed by atoms with Gasteiger partial charge in [0.25, 0.3) is 0 Å². The number of nitrogens with one attached hydrogen (secondary N) is 2. The lowest BCUT2D eigenvalue weighted by molar-refractivity contribution is 0.414. The van der Waals surface area contributed by atoms with Crippen LogP contribution in [0.25, 0.3) is 11.0 Å². The molecule has 21 heavy (non-hydrogen) atoms. The Bertz CT molecular complexity index is 769. The third kappa shape index (κ3) is 2.58. The van der Waals surface area contributed by atoms with Crippen molar-refractivity contribution in [3.05, 3.63) is 36.0 Å². The van der Waals surface area contributed by atoms with E-state index in [1.165, 1.54) is 0 Å². The molecule has 7 nitrogen and oxygen atoms in total. The molecule has 1 atom stereocenters. The molecule has 0 radical (unpaired) electrons. The van der Waals surface area contributed by atoms with Gasteiger partial charge in [-0.15, -0.1) is 0 Å². The first-order valence-electron chi connectivity index (χ1n) is 6.54. The Labute approximate surface area is 121 Å². The Kier molecular flexibility index (Phi) is 3.31. The summed E-state index contributed by atoms with van der Waals surface area (Å²) in [6, 6.07) is 7.90. The molecule has 0 aliphatic heterocycles. The zero-order valence-electron chi connectivity index (χ0n) is 11.8. The van der Waals surface area contributed by atoms with E-state index in [1.807, 2.05) is 31.2 Å². The number of benzene rings is 1. The number of ether oxygens (including phenoxy) is 1. The van der Waals surface area contributed by atoms with Crippen LogP contribution in [-0.4, -0.2) is 27.3 Å². The van der Waals surface area contributed by atoms with Crippen molar-refractivity contribution in [3.63, 3.8) is 0 Å². The van der Waals surface area contributed by atoms with Crippen LogP contribution in [0.5, 0.6) is 5.75 Å². The van der Waals surface area contributed by atoms with Crippen molar-refractivity contribution in [1.29, 1.82) is 0 Å². The second kappa shape index (κ2) is 5.28. The second-order valence-corrected chi connectivity index (χ2v) is 4.71. The largest absolute Gasteiger partial charge is 0.497 e. The molecule has 3 aromatic rings. The van der Waals surface area contributed by atoms with Crippen molar-refractivity contribution in [2.45, 2.75) is 13.0 Å². The summed E-state index contributed by atoms with van der Waals surface area (Å²) < 4.78 is 5.24. The zero-order chi connectivity index (χ0) is 14.8. The van der Waals surface area contributed by atoms with Crippen LogP contribution in [0.15, 0.2) is 30.5 Å². The first-order valence-corrected chi connectivity index (χ1v) is 6.54. The highest BCUT2D eigenvalue weighted by molar-refractivity contribution is 5.86. The smallest absolute Gasteiger partial charge is 0.224 e. The summed E-state index contributed by atoms with van der Waals surface area (Å²) in [4.78, 5) is 8.34. The van der Waals surface area contributed by atoms with Crippen molar-refractivity contribution in [2.24, 2.45) is 0 Å². The lowest BCUT2D eigenvalue weighted by Crippen LogP contribution is -2.10. The number of anilines is 2. The Hall–Kier alpha value is -2.83. The second-order valence-electron chi connectivity index (χ2n) is 4.71. The summed E-state index contributed by atoms with van der Waals surface area (Å²) in [6.07, 6.45) is 1.68. The summed E-state index contributed by atoms with van der Waals surface area (Å²) in [5.74, 6) is 1.67. The van der Waals surface area contributed by atoms with Crippen molar-refractivity contribution < 1.29 is 4.74 Å². The number of aromatic amines is 1. The Balaban J connectivity index is 1.92. The first kappa shape index (κ1) is 13.2. The number of methoxy groups -OCH3 is 1. The number of hydrogen-bond donors (Lipinski definition) is 3. The van der Waals surface area contributed by atoms with E-state index in [0.29, 0.717) is 11.5 Å². The normalized spacial score (nSPS) is 12.3. The number of nitrogens with zero attached hydrogens (tertiary/aromatic N) is 3. The maximum atomic E-state index is 5.71. The van der Waals surface area contributed by atoms with Crippen molar-refractivity contribution in [3.8, 4) is 5.75 Å². The molecule has 2 aromatic heterocycles.